The molecule has 98 valence electrons. The lowest BCUT2D eigenvalue weighted by molar-refractivity contribution is -0.385. The molecule has 0 radical (unpaired) electrons. The average Bonchev–Trinajstić information content (AvgIpc) is 2.55. The maximum absolute atomic E-state index is 10.7. The maximum atomic E-state index is 10.7. The number of aliphatic hydroxyl groups is 1. The minimum atomic E-state index is -0.480. The minimum absolute atomic E-state index is 0.00983. The fourth-order valence-electron chi connectivity index (χ4n) is 2.24. The minimum Gasteiger partial charge on any atom is -0.487 e. The topological polar surface area (TPSA) is 72.6 Å². The largest absolute Gasteiger partial charge is 0.487 e. The van der Waals surface area contributed by atoms with Gasteiger partial charge in [0.05, 0.1) is 17.1 Å². The van der Waals surface area contributed by atoms with E-state index in [9.17, 15) is 15.2 Å². The van der Waals surface area contributed by atoms with Gasteiger partial charge in [-0.05, 0) is 25.3 Å². The standard InChI is InChI=1S/C13H17NO4/c15-12-7-2-1-3-8-13(12)18-11-6-4-5-10(9-11)14(16)17/h4-6,9,12-13,15H,1-3,7-8H2. The average molecular weight is 251 g/mol. The van der Waals surface area contributed by atoms with Gasteiger partial charge in [-0.1, -0.05) is 18.9 Å². The maximum Gasteiger partial charge on any atom is 0.273 e. The molecule has 0 aromatic heterocycles. The molecule has 5 nitrogen and oxygen atoms in total. The Labute approximate surface area is 106 Å². The number of hydrogen-bond acceptors (Lipinski definition) is 4. The van der Waals surface area contributed by atoms with E-state index in [1.807, 2.05) is 0 Å². The number of nitro groups is 1. The van der Waals surface area contributed by atoms with Crippen molar-refractivity contribution >= 4 is 5.69 Å². The first-order chi connectivity index (χ1) is 8.66. The van der Waals surface area contributed by atoms with E-state index in [2.05, 4.69) is 0 Å². The molecular formula is C13H17NO4. The molecule has 0 aliphatic heterocycles. The van der Waals surface area contributed by atoms with E-state index in [1.165, 1.54) is 12.1 Å². The Morgan fingerprint density at radius 2 is 2.06 bits per heavy atom. The Balaban J connectivity index is 2.07. The van der Waals surface area contributed by atoms with E-state index in [0.717, 1.165) is 32.1 Å². The van der Waals surface area contributed by atoms with E-state index >= 15 is 0 Å². The van der Waals surface area contributed by atoms with Crippen molar-refractivity contribution < 1.29 is 14.8 Å². The Morgan fingerprint density at radius 3 is 2.83 bits per heavy atom. The van der Waals surface area contributed by atoms with Gasteiger partial charge in [-0.2, -0.15) is 0 Å². The van der Waals surface area contributed by atoms with Crippen LogP contribution in [-0.2, 0) is 0 Å². The summed E-state index contributed by atoms with van der Waals surface area (Å²) in [6.07, 6.45) is 3.93. The van der Waals surface area contributed by atoms with Crippen LogP contribution < -0.4 is 4.74 Å². The zero-order chi connectivity index (χ0) is 13.0. The summed E-state index contributed by atoms with van der Waals surface area (Å²) in [6.45, 7) is 0. The van der Waals surface area contributed by atoms with Crippen molar-refractivity contribution in [2.24, 2.45) is 0 Å². The monoisotopic (exact) mass is 251 g/mol. The van der Waals surface area contributed by atoms with Crippen LogP contribution in [0.15, 0.2) is 24.3 Å². The van der Waals surface area contributed by atoms with Gasteiger partial charge in [0.2, 0.25) is 0 Å². The highest BCUT2D eigenvalue weighted by molar-refractivity contribution is 5.38. The predicted octanol–water partition coefficient (Wildman–Crippen LogP) is 2.67. The van der Waals surface area contributed by atoms with Crippen LogP contribution in [-0.4, -0.2) is 22.2 Å². The van der Waals surface area contributed by atoms with Crippen LogP contribution in [0.1, 0.15) is 32.1 Å². The number of ether oxygens (including phenoxy) is 1. The molecule has 1 saturated carbocycles. The smallest absolute Gasteiger partial charge is 0.273 e. The Bertz CT molecular complexity index is 421. The number of hydrogen-bond donors (Lipinski definition) is 1. The third kappa shape index (κ3) is 3.20. The van der Waals surface area contributed by atoms with Gasteiger partial charge >= 0.3 is 0 Å². The lowest BCUT2D eigenvalue weighted by atomic mass is 10.1. The molecule has 0 amide bonds. The first-order valence-electron chi connectivity index (χ1n) is 6.26. The fraction of sp³-hybridized carbons (Fsp3) is 0.538. The Hall–Kier alpha value is -1.62. The summed E-state index contributed by atoms with van der Waals surface area (Å²) in [5, 5.41) is 20.6. The molecular weight excluding hydrogens is 234 g/mol. The molecule has 18 heavy (non-hydrogen) atoms. The van der Waals surface area contributed by atoms with E-state index in [0.29, 0.717) is 5.75 Å². The predicted molar refractivity (Wildman–Crippen MR) is 66.6 cm³/mol. The molecule has 2 unspecified atom stereocenters. The van der Waals surface area contributed by atoms with Gasteiger partial charge in [-0.15, -0.1) is 0 Å². The molecule has 5 heteroatoms. The zero-order valence-electron chi connectivity index (χ0n) is 10.1. The van der Waals surface area contributed by atoms with Crippen molar-refractivity contribution in [3.63, 3.8) is 0 Å². The van der Waals surface area contributed by atoms with Crippen molar-refractivity contribution in [2.45, 2.75) is 44.3 Å². The van der Waals surface area contributed by atoms with Crippen LogP contribution in [0.2, 0.25) is 0 Å². The molecule has 1 aromatic rings. The van der Waals surface area contributed by atoms with Gasteiger partial charge in [0, 0.05) is 6.07 Å². The number of nitro benzene ring substituents is 1. The second-order valence-corrected chi connectivity index (χ2v) is 4.62. The highest BCUT2D eigenvalue weighted by Crippen LogP contribution is 2.25. The van der Waals surface area contributed by atoms with Crippen LogP contribution >= 0.6 is 0 Å². The molecule has 0 saturated heterocycles. The number of rotatable bonds is 3. The second kappa shape index (κ2) is 5.82. The molecule has 1 fully saturated rings. The Kier molecular flexibility index (Phi) is 4.15. The number of benzene rings is 1. The van der Waals surface area contributed by atoms with Gasteiger partial charge in [0.1, 0.15) is 11.9 Å². The summed E-state index contributed by atoms with van der Waals surface area (Å²) >= 11 is 0. The number of nitrogens with zero attached hydrogens (tertiary/aromatic N) is 1. The highest BCUT2D eigenvalue weighted by atomic mass is 16.6. The first kappa shape index (κ1) is 12.8. The summed E-state index contributed by atoms with van der Waals surface area (Å²) in [5.41, 5.74) is 0.00983. The van der Waals surface area contributed by atoms with E-state index in [-0.39, 0.29) is 11.8 Å². The van der Waals surface area contributed by atoms with Crippen LogP contribution in [0.4, 0.5) is 5.69 Å². The quantitative estimate of drug-likeness (QED) is 0.509. The molecule has 1 aromatic carbocycles. The molecule has 2 rings (SSSR count). The molecule has 0 spiro atoms. The van der Waals surface area contributed by atoms with Gasteiger partial charge in [-0.25, -0.2) is 0 Å². The summed E-state index contributed by atoms with van der Waals surface area (Å²) < 4.78 is 5.68. The van der Waals surface area contributed by atoms with E-state index < -0.39 is 11.0 Å². The number of non-ortho nitro benzene ring substituents is 1. The second-order valence-electron chi connectivity index (χ2n) is 4.62. The summed E-state index contributed by atoms with van der Waals surface area (Å²) in [4.78, 5) is 10.2. The third-order valence-electron chi connectivity index (χ3n) is 3.23. The normalized spacial score (nSPS) is 24.3. The molecule has 2 atom stereocenters. The summed E-state index contributed by atoms with van der Waals surface area (Å²) in [6, 6.07) is 6.11. The van der Waals surface area contributed by atoms with Crippen LogP contribution in [0.25, 0.3) is 0 Å². The van der Waals surface area contributed by atoms with E-state index in [1.54, 1.807) is 12.1 Å². The van der Waals surface area contributed by atoms with E-state index in [4.69, 9.17) is 4.74 Å². The fourth-order valence-corrected chi connectivity index (χ4v) is 2.24. The third-order valence-corrected chi connectivity index (χ3v) is 3.23. The van der Waals surface area contributed by atoms with Crippen molar-refractivity contribution in [3.8, 4) is 5.75 Å². The molecule has 0 bridgehead atoms. The van der Waals surface area contributed by atoms with Crippen molar-refractivity contribution in [1.82, 2.24) is 0 Å². The molecule has 1 N–H and O–H groups in total. The lowest BCUT2D eigenvalue weighted by Crippen LogP contribution is -2.30. The number of aliphatic hydroxyl groups excluding tert-OH is 1. The van der Waals surface area contributed by atoms with Gasteiger partial charge < -0.3 is 9.84 Å². The van der Waals surface area contributed by atoms with Crippen molar-refractivity contribution in [3.05, 3.63) is 34.4 Å². The Morgan fingerprint density at radius 1 is 1.28 bits per heavy atom. The van der Waals surface area contributed by atoms with Gasteiger partial charge in [0.15, 0.2) is 0 Å². The van der Waals surface area contributed by atoms with Crippen LogP contribution in [0.5, 0.6) is 5.75 Å². The lowest BCUT2D eigenvalue weighted by Gasteiger charge is -2.21. The first-order valence-corrected chi connectivity index (χ1v) is 6.26. The SMILES string of the molecule is O=[N+]([O-])c1cccc(OC2CCCCCC2O)c1. The van der Waals surface area contributed by atoms with Crippen LogP contribution in [0, 0.1) is 10.1 Å². The summed E-state index contributed by atoms with van der Waals surface area (Å²) in [7, 11) is 0. The van der Waals surface area contributed by atoms with Crippen molar-refractivity contribution in [2.75, 3.05) is 0 Å². The molecule has 1 aliphatic rings. The molecule has 0 heterocycles. The highest BCUT2D eigenvalue weighted by Gasteiger charge is 2.23. The van der Waals surface area contributed by atoms with Gasteiger partial charge in [-0.3, -0.25) is 10.1 Å². The van der Waals surface area contributed by atoms with Crippen LogP contribution in [0.3, 0.4) is 0 Å². The summed E-state index contributed by atoms with van der Waals surface area (Å²) in [5.74, 6) is 0.454. The van der Waals surface area contributed by atoms with Crippen molar-refractivity contribution in [1.29, 1.82) is 0 Å². The zero-order valence-corrected chi connectivity index (χ0v) is 10.1. The molecule has 1 aliphatic carbocycles. The van der Waals surface area contributed by atoms with Gasteiger partial charge in [0.25, 0.3) is 5.69 Å².